The number of rotatable bonds is 2. The average molecular weight is 248 g/mol. The maximum absolute atomic E-state index is 13.5. The Hall–Kier alpha value is -2.12. The van der Waals surface area contributed by atoms with Gasteiger partial charge in [0.1, 0.15) is 11.9 Å². The lowest BCUT2D eigenvalue weighted by Crippen LogP contribution is -1.97. The molecule has 2 rings (SSSR count). The minimum atomic E-state index is -0.481. The van der Waals surface area contributed by atoms with Gasteiger partial charge in [-0.3, -0.25) is 0 Å². The number of nitrogens with one attached hydrogen (secondary N) is 1. The highest BCUT2D eigenvalue weighted by atomic mass is 35.5. The molecule has 17 heavy (non-hydrogen) atoms. The van der Waals surface area contributed by atoms with Crippen LogP contribution in [-0.2, 0) is 0 Å². The van der Waals surface area contributed by atoms with E-state index in [1.807, 2.05) is 6.07 Å². The topological polar surface area (TPSA) is 48.7 Å². The molecule has 3 nitrogen and oxygen atoms in total. The molecule has 1 heterocycles. The molecule has 1 aromatic heterocycles. The van der Waals surface area contributed by atoms with Crippen molar-refractivity contribution in [1.29, 1.82) is 5.26 Å². The van der Waals surface area contributed by atoms with Crippen molar-refractivity contribution < 1.29 is 4.39 Å². The standard InChI is InChI=1S/C12H7ClFN3/c13-8-3-4-10(9(14)6-8)17-11-2-1-5-16-12(11)7-15/h1-6,17H. The van der Waals surface area contributed by atoms with E-state index in [1.54, 1.807) is 18.2 Å². The molecule has 2 aromatic rings. The van der Waals surface area contributed by atoms with Crippen LogP contribution in [0, 0.1) is 17.1 Å². The van der Waals surface area contributed by atoms with Crippen LogP contribution in [0.3, 0.4) is 0 Å². The summed E-state index contributed by atoms with van der Waals surface area (Å²) in [7, 11) is 0. The normalized spacial score (nSPS) is 9.71. The summed E-state index contributed by atoms with van der Waals surface area (Å²) in [5.74, 6) is -0.481. The monoisotopic (exact) mass is 247 g/mol. The first-order chi connectivity index (χ1) is 8.20. The van der Waals surface area contributed by atoms with Crippen LogP contribution in [-0.4, -0.2) is 4.98 Å². The Labute approximate surface area is 102 Å². The second kappa shape index (κ2) is 4.81. The molecule has 0 aliphatic carbocycles. The van der Waals surface area contributed by atoms with Crippen molar-refractivity contribution in [3.8, 4) is 6.07 Å². The van der Waals surface area contributed by atoms with Gasteiger partial charge in [0.15, 0.2) is 5.69 Å². The number of anilines is 2. The van der Waals surface area contributed by atoms with Gasteiger partial charge < -0.3 is 5.32 Å². The third-order valence-electron chi connectivity index (χ3n) is 2.11. The quantitative estimate of drug-likeness (QED) is 0.884. The zero-order valence-electron chi connectivity index (χ0n) is 8.61. The summed E-state index contributed by atoms with van der Waals surface area (Å²) < 4.78 is 13.5. The minimum absolute atomic E-state index is 0.210. The van der Waals surface area contributed by atoms with E-state index >= 15 is 0 Å². The number of aromatic nitrogens is 1. The van der Waals surface area contributed by atoms with E-state index in [4.69, 9.17) is 16.9 Å². The predicted octanol–water partition coefficient (Wildman–Crippen LogP) is 3.49. The SMILES string of the molecule is N#Cc1ncccc1Nc1ccc(Cl)cc1F. The summed E-state index contributed by atoms with van der Waals surface area (Å²) in [5, 5.41) is 12.0. The van der Waals surface area contributed by atoms with Crippen LogP contribution in [0.15, 0.2) is 36.5 Å². The molecule has 1 aromatic carbocycles. The van der Waals surface area contributed by atoms with Gasteiger partial charge in [0.2, 0.25) is 0 Å². The smallest absolute Gasteiger partial charge is 0.163 e. The van der Waals surface area contributed by atoms with Gasteiger partial charge in [-0.2, -0.15) is 5.26 Å². The Morgan fingerprint density at radius 2 is 2.12 bits per heavy atom. The molecule has 0 aliphatic rings. The molecule has 84 valence electrons. The van der Waals surface area contributed by atoms with Crippen LogP contribution < -0.4 is 5.32 Å². The summed E-state index contributed by atoms with van der Waals surface area (Å²) in [6, 6.07) is 9.51. The highest BCUT2D eigenvalue weighted by Gasteiger charge is 2.06. The third-order valence-corrected chi connectivity index (χ3v) is 2.35. The van der Waals surface area contributed by atoms with E-state index in [0.717, 1.165) is 0 Å². The molecule has 0 radical (unpaired) electrons. The fourth-order valence-corrected chi connectivity index (χ4v) is 1.49. The van der Waals surface area contributed by atoms with Crippen LogP contribution in [0.1, 0.15) is 5.69 Å². The number of hydrogen-bond donors (Lipinski definition) is 1. The molecule has 0 saturated carbocycles. The second-order valence-electron chi connectivity index (χ2n) is 3.26. The Morgan fingerprint density at radius 3 is 2.82 bits per heavy atom. The minimum Gasteiger partial charge on any atom is -0.351 e. The summed E-state index contributed by atoms with van der Waals surface area (Å²) in [4.78, 5) is 3.87. The van der Waals surface area contributed by atoms with E-state index < -0.39 is 5.82 Å². The summed E-state index contributed by atoms with van der Waals surface area (Å²) in [6.07, 6.45) is 1.50. The van der Waals surface area contributed by atoms with Gasteiger partial charge in [0.05, 0.1) is 11.4 Å². The lowest BCUT2D eigenvalue weighted by molar-refractivity contribution is 0.632. The molecule has 5 heteroatoms. The molecule has 1 N–H and O–H groups in total. The zero-order chi connectivity index (χ0) is 12.3. The number of halogens is 2. The van der Waals surface area contributed by atoms with Crippen LogP contribution in [0.25, 0.3) is 0 Å². The van der Waals surface area contributed by atoms with Gasteiger partial charge in [-0.25, -0.2) is 9.37 Å². The number of pyridine rings is 1. The second-order valence-corrected chi connectivity index (χ2v) is 3.70. The maximum atomic E-state index is 13.5. The van der Waals surface area contributed by atoms with Crippen LogP contribution in [0.2, 0.25) is 5.02 Å². The van der Waals surface area contributed by atoms with Gasteiger partial charge in [-0.05, 0) is 30.3 Å². The fourth-order valence-electron chi connectivity index (χ4n) is 1.33. The van der Waals surface area contributed by atoms with Gasteiger partial charge in [-0.1, -0.05) is 11.6 Å². The largest absolute Gasteiger partial charge is 0.351 e. The van der Waals surface area contributed by atoms with E-state index in [-0.39, 0.29) is 11.4 Å². The fraction of sp³-hybridized carbons (Fsp3) is 0. The Morgan fingerprint density at radius 1 is 1.29 bits per heavy atom. The zero-order valence-corrected chi connectivity index (χ0v) is 9.37. The summed E-state index contributed by atoms with van der Waals surface area (Å²) >= 11 is 5.65. The van der Waals surface area contributed by atoms with Gasteiger partial charge >= 0.3 is 0 Å². The molecule has 0 amide bonds. The van der Waals surface area contributed by atoms with Crippen molar-refractivity contribution in [2.45, 2.75) is 0 Å². The lowest BCUT2D eigenvalue weighted by atomic mass is 10.2. The molecular formula is C12H7ClFN3. The highest BCUT2D eigenvalue weighted by Crippen LogP contribution is 2.23. The first-order valence-corrected chi connectivity index (χ1v) is 5.15. The first-order valence-electron chi connectivity index (χ1n) is 4.78. The number of nitrogens with zero attached hydrogens (tertiary/aromatic N) is 2. The summed E-state index contributed by atoms with van der Waals surface area (Å²) in [6.45, 7) is 0. The molecule has 0 bridgehead atoms. The van der Waals surface area contributed by atoms with Crippen molar-refractivity contribution in [3.05, 3.63) is 53.1 Å². The Bertz CT molecular complexity index is 593. The lowest BCUT2D eigenvalue weighted by Gasteiger charge is -2.08. The van der Waals surface area contributed by atoms with Gasteiger partial charge in [0.25, 0.3) is 0 Å². The van der Waals surface area contributed by atoms with Crippen molar-refractivity contribution in [3.63, 3.8) is 0 Å². The van der Waals surface area contributed by atoms with Crippen molar-refractivity contribution >= 4 is 23.0 Å². The molecule has 0 atom stereocenters. The molecule has 0 spiro atoms. The Kier molecular flexibility index (Phi) is 3.22. The average Bonchev–Trinajstić information content (AvgIpc) is 2.33. The van der Waals surface area contributed by atoms with Crippen LogP contribution >= 0.6 is 11.6 Å². The molecule has 0 fully saturated rings. The molecule has 0 unspecified atom stereocenters. The van der Waals surface area contributed by atoms with Crippen molar-refractivity contribution in [2.24, 2.45) is 0 Å². The first kappa shape index (κ1) is 11.4. The van der Waals surface area contributed by atoms with E-state index in [2.05, 4.69) is 10.3 Å². The van der Waals surface area contributed by atoms with Crippen LogP contribution in [0.4, 0.5) is 15.8 Å². The van der Waals surface area contributed by atoms with E-state index in [1.165, 1.54) is 18.3 Å². The van der Waals surface area contributed by atoms with Gasteiger partial charge in [0, 0.05) is 11.2 Å². The van der Waals surface area contributed by atoms with Crippen LogP contribution in [0.5, 0.6) is 0 Å². The molecule has 0 saturated heterocycles. The van der Waals surface area contributed by atoms with Crippen molar-refractivity contribution in [1.82, 2.24) is 4.98 Å². The highest BCUT2D eigenvalue weighted by molar-refractivity contribution is 6.30. The maximum Gasteiger partial charge on any atom is 0.163 e. The third kappa shape index (κ3) is 2.52. The van der Waals surface area contributed by atoms with Gasteiger partial charge in [-0.15, -0.1) is 0 Å². The predicted molar refractivity (Wildman–Crippen MR) is 63.6 cm³/mol. The summed E-state index contributed by atoms with van der Waals surface area (Å²) in [5.41, 5.74) is 0.914. The Balaban J connectivity index is 2.35. The van der Waals surface area contributed by atoms with E-state index in [9.17, 15) is 4.39 Å². The number of hydrogen-bond acceptors (Lipinski definition) is 3. The molecule has 0 aliphatic heterocycles. The van der Waals surface area contributed by atoms with E-state index in [0.29, 0.717) is 10.7 Å². The number of benzene rings is 1. The molecular weight excluding hydrogens is 241 g/mol. The van der Waals surface area contributed by atoms with Crippen molar-refractivity contribution in [2.75, 3.05) is 5.32 Å². The number of nitriles is 1.